The molecule has 3 aromatic rings. The van der Waals surface area contributed by atoms with Gasteiger partial charge in [-0.15, -0.1) is 0 Å². The van der Waals surface area contributed by atoms with Crippen LogP contribution >= 0.6 is 0 Å². The van der Waals surface area contributed by atoms with Gasteiger partial charge in [-0.3, -0.25) is 4.68 Å². The molecule has 8 rings (SSSR count). The minimum Gasteiger partial charge on any atom is -0.465 e. The molecule has 348 valence electrons. The maximum atomic E-state index is 14.1. The molecule has 3 heterocycles. The molecule has 2 unspecified atom stereocenters. The highest BCUT2D eigenvalue weighted by molar-refractivity contribution is 5.96. The summed E-state index contributed by atoms with van der Waals surface area (Å²) >= 11 is 0. The SMILES string of the molecule is COC(=O)c1cccc2c1CN(c1ccc(-c3cnn(CC45CC6(C)CC(C)(CC(CCCN(C(=O)OC(C)(C)C)C(=O)OC(C)(C)C)(C6)C4)C5)c3C)c(C(=O)OC(C)(C)C)n1)CC2. The number of fused-ring (bicyclic) bond motifs is 1. The van der Waals surface area contributed by atoms with Gasteiger partial charge in [-0.25, -0.2) is 29.1 Å². The minimum atomic E-state index is -0.756. The van der Waals surface area contributed by atoms with Crippen LogP contribution in [0.25, 0.3) is 11.1 Å². The number of anilines is 1. The molecule has 0 saturated heterocycles. The van der Waals surface area contributed by atoms with E-state index < -0.39 is 35.0 Å². The van der Waals surface area contributed by atoms with Crippen molar-refractivity contribution in [2.24, 2.45) is 21.7 Å². The third-order valence-electron chi connectivity index (χ3n) is 13.5. The molecule has 0 spiro atoms. The average Bonchev–Trinajstić information content (AvgIpc) is 3.49. The first kappa shape index (κ1) is 47.0. The fourth-order valence-corrected chi connectivity index (χ4v) is 12.7. The number of carbonyl (C=O) groups excluding carboxylic acids is 4. The van der Waals surface area contributed by atoms with E-state index in [1.807, 2.05) is 51.2 Å². The number of methoxy groups -OCH3 is 1. The summed E-state index contributed by atoms with van der Waals surface area (Å²) < 4.78 is 24.6. The number of hydrogen-bond donors (Lipinski definition) is 0. The van der Waals surface area contributed by atoms with Crippen LogP contribution in [0, 0.1) is 28.6 Å². The van der Waals surface area contributed by atoms with Gasteiger partial charge in [0.05, 0.1) is 18.9 Å². The van der Waals surface area contributed by atoms with E-state index in [0.717, 1.165) is 78.8 Å². The van der Waals surface area contributed by atoms with E-state index in [2.05, 4.69) is 30.4 Å². The molecule has 4 bridgehead atoms. The van der Waals surface area contributed by atoms with Crippen molar-refractivity contribution < 1.29 is 38.1 Å². The van der Waals surface area contributed by atoms with Crippen molar-refractivity contribution in [3.63, 3.8) is 0 Å². The number of ether oxygens (including phenoxy) is 4. The van der Waals surface area contributed by atoms with Gasteiger partial charge < -0.3 is 23.8 Å². The standard InChI is InChI=1S/C51H71N5O8/c1-33-37(35-18-19-39(53-40(35)42(58)62-45(2,3)4)54-23-20-34-16-14-17-36(38(34)25-54)41(57)61-13)24-52-56(33)32-51-29-48(11)26-49(12,30-51)28-50(27-48,31-51)21-15-22-55(43(59)63-46(5,6)7)44(60)64-47(8,9)10/h14,16-19,24H,15,20-23,25-32H2,1-13H3. The summed E-state index contributed by atoms with van der Waals surface area (Å²) in [7, 11) is 1.39. The topological polar surface area (TPSA) is 142 Å². The van der Waals surface area contributed by atoms with Crippen LogP contribution in [0.5, 0.6) is 0 Å². The largest absolute Gasteiger partial charge is 0.465 e. The van der Waals surface area contributed by atoms with Crippen molar-refractivity contribution in [2.45, 2.75) is 171 Å². The number of amides is 2. The molecule has 4 aliphatic carbocycles. The summed E-state index contributed by atoms with van der Waals surface area (Å²) in [5.74, 6) is -0.261. The van der Waals surface area contributed by atoms with Gasteiger partial charge in [0, 0.05) is 43.0 Å². The van der Waals surface area contributed by atoms with Crippen molar-refractivity contribution in [2.75, 3.05) is 25.1 Å². The summed E-state index contributed by atoms with van der Waals surface area (Å²) in [4.78, 5) is 61.8. The van der Waals surface area contributed by atoms with Gasteiger partial charge in [0.1, 0.15) is 22.6 Å². The van der Waals surface area contributed by atoms with Gasteiger partial charge in [-0.05, 0) is 178 Å². The molecule has 2 amide bonds. The van der Waals surface area contributed by atoms with Gasteiger partial charge in [-0.2, -0.15) is 5.10 Å². The van der Waals surface area contributed by atoms with Crippen LogP contribution < -0.4 is 4.90 Å². The molecule has 0 radical (unpaired) electrons. The van der Waals surface area contributed by atoms with Gasteiger partial charge >= 0.3 is 24.1 Å². The van der Waals surface area contributed by atoms with E-state index in [1.54, 1.807) is 47.6 Å². The third-order valence-corrected chi connectivity index (χ3v) is 13.5. The van der Waals surface area contributed by atoms with E-state index in [9.17, 15) is 19.2 Å². The second-order valence-corrected chi connectivity index (χ2v) is 23.4. The smallest absolute Gasteiger partial charge is 0.419 e. The fourth-order valence-electron chi connectivity index (χ4n) is 12.7. The Bertz CT molecular complexity index is 2270. The molecule has 64 heavy (non-hydrogen) atoms. The number of hydrogen-bond acceptors (Lipinski definition) is 11. The van der Waals surface area contributed by atoms with Gasteiger partial charge in [0.25, 0.3) is 0 Å². The van der Waals surface area contributed by atoms with Crippen molar-refractivity contribution in [3.05, 3.63) is 64.6 Å². The zero-order valence-corrected chi connectivity index (χ0v) is 40.7. The van der Waals surface area contributed by atoms with Crippen LogP contribution in [-0.4, -0.2) is 80.8 Å². The first-order valence-electron chi connectivity index (χ1n) is 23.1. The Morgan fingerprint density at radius 1 is 0.750 bits per heavy atom. The number of aromatic nitrogens is 3. The normalized spacial score (nSPS) is 25.1. The summed E-state index contributed by atoms with van der Waals surface area (Å²) in [6, 6.07) is 9.62. The Morgan fingerprint density at radius 2 is 1.36 bits per heavy atom. The molecule has 5 aliphatic rings. The highest BCUT2D eigenvalue weighted by atomic mass is 16.6. The van der Waals surface area contributed by atoms with Crippen LogP contribution in [0.4, 0.5) is 15.4 Å². The average molecular weight is 882 g/mol. The lowest BCUT2D eigenvalue weighted by molar-refractivity contribution is -0.198. The Morgan fingerprint density at radius 3 is 1.95 bits per heavy atom. The highest BCUT2D eigenvalue weighted by Gasteiger charge is 2.65. The molecule has 1 aliphatic heterocycles. The number of esters is 2. The highest BCUT2D eigenvalue weighted by Crippen LogP contribution is 2.75. The second-order valence-electron chi connectivity index (χ2n) is 23.4. The van der Waals surface area contributed by atoms with Crippen LogP contribution in [0.15, 0.2) is 36.5 Å². The number of benzene rings is 1. The number of imide groups is 1. The molecule has 1 aromatic carbocycles. The molecule has 0 N–H and O–H groups in total. The molecule has 13 heteroatoms. The summed E-state index contributed by atoms with van der Waals surface area (Å²) in [6.45, 7) is 25.4. The quantitative estimate of drug-likeness (QED) is 0.142. The monoisotopic (exact) mass is 882 g/mol. The van der Waals surface area contributed by atoms with Crippen LogP contribution in [0.2, 0.25) is 0 Å². The lowest BCUT2D eigenvalue weighted by Crippen LogP contribution is -2.60. The molecule has 4 fully saturated rings. The van der Waals surface area contributed by atoms with Gasteiger partial charge in [0.15, 0.2) is 5.69 Å². The van der Waals surface area contributed by atoms with E-state index in [0.29, 0.717) is 36.5 Å². The van der Waals surface area contributed by atoms with Crippen LogP contribution in [-0.2, 0) is 38.5 Å². The Labute approximate surface area is 379 Å². The molecule has 13 nitrogen and oxygen atoms in total. The minimum absolute atomic E-state index is 0.00791. The molecule has 4 saturated carbocycles. The lowest BCUT2D eigenvalue weighted by Gasteiger charge is -2.70. The van der Waals surface area contributed by atoms with E-state index in [4.69, 9.17) is 29.0 Å². The van der Waals surface area contributed by atoms with Crippen LogP contribution in [0.3, 0.4) is 0 Å². The van der Waals surface area contributed by atoms with Crippen molar-refractivity contribution >= 4 is 29.9 Å². The second kappa shape index (κ2) is 16.5. The van der Waals surface area contributed by atoms with Crippen LogP contribution in [0.1, 0.15) is 165 Å². The number of nitrogens with zero attached hydrogens (tertiary/aromatic N) is 5. The maximum Gasteiger partial charge on any atom is 0.419 e. The molecule has 2 aromatic heterocycles. The van der Waals surface area contributed by atoms with E-state index in [-0.39, 0.29) is 39.9 Å². The molecule has 2 atom stereocenters. The predicted octanol–water partition coefficient (Wildman–Crippen LogP) is 10.9. The first-order valence-corrected chi connectivity index (χ1v) is 23.1. The predicted molar refractivity (Wildman–Crippen MR) is 245 cm³/mol. The number of pyridine rings is 1. The summed E-state index contributed by atoms with van der Waals surface area (Å²) in [5.41, 5.74) is 3.30. The Hall–Kier alpha value is -4.94. The zero-order chi connectivity index (χ0) is 46.8. The first-order chi connectivity index (χ1) is 29.6. The van der Waals surface area contributed by atoms with E-state index in [1.165, 1.54) is 13.5 Å². The lowest BCUT2D eigenvalue weighted by atomic mass is 9.35. The van der Waals surface area contributed by atoms with Crippen molar-refractivity contribution in [1.82, 2.24) is 19.7 Å². The maximum absolute atomic E-state index is 14.1. The van der Waals surface area contributed by atoms with Gasteiger partial charge in [0.2, 0.25) is 0 Å². The Kier molecular flexibility index (Phi) is 12.1. The summed E-state index contributed by atoms with van der Waals surface area (Å²) in [5, 5.41) is 5.04. The van der Waals surface area contributed by atoms with E-state index >= 15 is 0 Å². The third kappa shape index (κ3) is 10.1. The summed E-state index contributed by atoms with van der Waals surface area (Å²) in [6.07, 6.45) is 9.40. The van der Waals surface area contributed by atoms with Crippen molar-refractivity contribution in [1.29, 1.82) is 0 Å². The number of rotatable bonds is 10. The molecular formula is C51H71N5O8. The number of carbonyl (C=O) groups is 4. The zero-order valence-electron chi connectivity index (χ0n) is 40.7. The van der Waals surface area contributed by atoms with Gasteiger partial charge in [-0.1, -0.05) is 26.0 Å². The Balaban J connectivity index is 1.15. The molecular weight excluding hydrogens is 811 g/mol. The fraction of sp³-hybridized carbons (Fsp3) is 0.647. The van der Waals surface area contributed by atoms with Crippen molar-refractivity contribution in [3.8, 4) is 11.1 Å².